The third-order valence-electron chi connectivity index (χ3n) is 1.45. The van der Waals surface area contributed by atoms with E-state index in [2.05, 4.69) is 17.5 Å². The predicted molar refractivity (Wildman–Crippen MR) is 53.9 cm³/mol. The number of hydrogen-bond donors (Lipinski definition) is 3. The van der Waals surface area contributed by atoms with Gasteiger partial charge in [-0.3, -0.25) is 4.79 Å². The number of para-hydroxylation sites is 1. The van der Waals surface area contributed by atoms with Gasteiger partial charge in [0.05, 0.1) is 11.3 Å². The lowest BCUT2D eigenvalue weighted by atomic mass is 10.2. The zero-order chi connectivity index (χ0) is 9.84. The summed E-state index contributed by atoms with van der Waals surface area (Å²) in [5, 5.41) is 12.0. The van der Waals surface area contributed by atoms with E-state index in [4.69, 9.17) is 5.73 Å². The number of phenolic OH excluding ortho intramolecular Hbond substituents is 1. The Kier molecular flexibility index (Phi) is 2.81. The Hall–Kier alpha value is -1.62. The molecule has 1 aromatic carbocycles. The number of carbonyl (C=O) groups is 1. The van der Waals surface area contributed by atoms with Crippen molar-refractivity contribution in [3.05, 3.63) is 23.8 Å². The van der Waals surface area contributed by atoms with Crippen LogP contribution in [0.15, 0.2) is 18.2 Å². The van der Waals surface area contributed by atoms with E-state index in [1.165, 1.54) is 6.07 Å². The maximum Gasteiger partial charge on any atom is 0.168 e. The highest BCUT2D eigenvalue weighted by Crippen LogP contribution is 2.25. The van der Waals surface area contributed by atoms with Gasteiger partial charge in [0, 0.05) is 0 Å². The van der Waals surface area contributed by atoms with E-state index in [1.54, 1.807) is 12.1 Å². The molecule has 0 unspecified atom stereocenters. The number of anilines is 1. The van der Waals surface area contributed by atoms with Crippen molar-refractivity contribution < 1.29 is 9.90 Å². The van der Waals surface area contributed by atoms with Crippen LogP contribution in [0.1, 0.15) is 10.4 Å². The van der Waals surface area contributed by atoms with Crippen molar-refractivity contribution in [3.8, 4) is 5.75 Å². The standard InChI is InChI=1S/C8H8N2O2S/c9-8(13)10-6-3-1-2-5(4-11)7(6)12/h1-4,12H,(H3,9,10,13). The molecule has 0 aliphatic rings. The summed E-state index contributed by atoms with van der Waals surface area (Å²) in [6.07, 6.45) is 0.556. The molecule has 0 heterocycles. The smallest absolute Gasteiger partial charge is 0.168 e. The fraction of sp³-hybridized carbons (Fsp3) is 0. The summed E-state index contributed by atoms with van der Waals surface area (Å²) in [7, 11) is 0. The number of nitrogens with one attached hydrogen (secondary N) is 1. The number of benzene rings is 1. The molecular weight excluding hydrogens is 188 g/mol. The summed E-state index contributed by atoms with van der Waals surface area (Å²) in [6, 6.07) is 4.68. The topological polar surface area (TPSA) is 75.3 Å². The molecule has 0 aromatic heterocycles. The monoisotopic (exact) mass is 196 g/mol. The Labute approximate surface area is 80.4 Å². The highest BCUT2D eigenvalue weighted by Gasteiger charge is 2.05. The molecule has 68 valence electrons. The Balaban J connectivity index is 3.07. The fourth-order valence-electron chi connectivity index (χ4n) is 0.890. The van der Waals surface area contributed by atoms with Gasteiger partial charge in [-0.05, 0) is 24.4 Å². The number of carbonyl (C=O) groups excluding carboxylic acids is 1. The van der Waals surface area contributed by atoms with E-state index >= 15 is 0 Å². The summed E-state index contributed by atoms with van der Waals surface area (Å²) in [5.74, 6) is -0.148. The lowest BCUT2D eigenvalue weighted by Crippen LogP contribution is -2.19. The first-order valence-electron chi connectivity index (χ1n) is 3.48. The quantitative estimate of drug-likeness (QED) is 0.371. The molecule has 13 heavy (non-hydrogen) atoms. The third kappa shape index (κ3) is 2.16. The van der Waals surface area contributed by atoms with E-state index in [9.17, 15) is 9.90 Å². The summed E-state index contributed by atoms with van der Waals surface area (Å²) in [6.45, 7) is 0. The van der Waals surface area contributed by atoms with Crippen LogP contribution in [0, 0.1) is 0 Å². The van der Waals surface area contributed by atoms with Crippen LogP contribution in [0.25, 0.3) is 0 Å². The molecule has 0 spiro atoms. The van der Waals surface area contributed by atoms with Gasteiger partial charge in [0.1, 0.15) is 5.75 Å². The van der Waals surface area contributed by atoms with Crippen molar-refractivity contribution in [1.29, 1.82) is 0 Å². The highest BCUT2D eigenvalue weighted by atomic mass is 32.1. The van der Waals surface area contributed by atoms with Crippen molar-refractivity contribution in [1.82, 2.24) is 0 Å². The maximum atomic E-state index is 10.4. The molecule has 0 amide bonds. The zero-order valence-electron chi connectivity index (χ0n) is 6.65. The largest absolute Gasteiger partial charge is 0.505 e. The van der Waals surface area contributed by atoms with E-state index in [0.717, 1.165) is 0 Å². The molecule has 0 saturated carbocycles. The summed E-state index contributed by atoms with van der Waals surface area (Å²) < 4.78 is 0. The predicted octanol–water partition coefficient (Wildman–Crippen LogP) is 0.860. The van der Waals surface area contributed by atoms with Gasteiger partial charge in [0.15, 0.2) is 11.4 Å². The Morgan fingerprint density at radius 2 is 2.31 bits per heavy atom. The summed E-state index contributed by atoms with van der Waals surface area (Å²) in [4.78, 5) is 10.4. The molecule has 1 aromatic rings. The number of aromatic hydroxyl groups is 1. The number of rotatable bonds is 2. The second kappa shape index (κ2) is 3.86. The van der Waals surface area contributed by atoms with Crippen LogP contribution in [0.5, 0.6) is 5.75 Å². The van der Waals surface area contributed by atoms with Crippen LogP contribution in [0.3, 0.4) is 0 Å². The van der Waals surface area contributed by atoms with E-state index < -0.39 is 0 Å². The summed E-state index contributed by atoms with van der Waals surface area (Å²) in [5.41, 5.74) is 5.73. The van der Waals surface area contributed by atoms with Crippen LogP contribution < -0.4 is 11.1 Å². The molecular formula is C8H8N2O2S. The molecule has 0 bridgehead atoms. The van der Waals surface area contributed by atoms with Crippen LogP contribution in [0.4, 0.5) is 5.69 Å². The normalized spacial score (nSPS) is 9.23. The lowest BCUT2D eigenvalue weighted by Gasteiger charge is -2.06. The number of aldehydes is 1. The molecule has 0 aliphatic carbocycles. The van der Waals surface area contributed by atoms with Gasteiger partial charge in [-0.2, -0.15) is 0 Å². The molecule has 4 N–H and O–H groups in total. The average molecular weight is 196 g/mol. The van der Waals surface area contributed by atoms with Crippen LogP contribution >= 0.6 is 12.2 Å². The number of phenols is 1. The zero-order valence-corrected chi connectivity index (χ0v) is 7.47. The highest BCUT2D eigenvalue weighted by molar-refractivity contribution is 7.80. The van der Waals surface area contributed by atoms with Gasteiger partial charge in [-0.1, -0.05) is 6.07 Å². The van der Waals surface area contributed by atoms with Crippen LogP contribution in [0.2, 0.25) is 0 Å². The van der Waals surface area contributed by atoms with Gasteiger partial charge >= 0.3 is 0 Å². The van der Waals surface area contributed by atoms with Gasteiger partial charge in [0.25, 0.3) is 0 Å². The molecule has 0 atom stereocenters. The van der Waals surface area contributed by atoms with E-state index in [1.807, 2.05) is 0 Å². The van der Waals surface area contributed by atoms with Gasteiger partial charge < -0.3 is 16.2 Å². The molecule has 0 radical (unpaired) electrons. The Morgan fingerprint density at radius 1 is 1.62 bits per heavy atom. The third-order valence-corrected chi connectivity index (χ3v) is 1.55. The van der Waals surface area contributed by atoms with Crippen molar-refractivity contribution in [2.75, 3.05) is 5.32 Å². The minimum absolute atomic E-state index is 0.0401. The summed E-state index contributed by atoms with van der Waals surface area (Å²) >= 11 is 4.58. The molecule has 0 saturated heterocycles. The second-order valence-corrected chi connectivity index (χ2v) is 2.79. The van der Waals surface area contributed by atoms with Gasteiger partial charge in [-0.25, -0.2) is 0 Å². The van der Waals surface area contributed by atoms with E-state index in [-0.39, 0.29) is 16.4 Å². The van der Waals surface area contributed by atoms with Crippen LogP contribution in [-0.4, -0.2) is 16.5 Å². The molecule has 0 aliphatic heterocycles. The second-order valence-electron chi connectivity index (χ2n) is 2.35. The van der Waals surface area contributed by atoms with Gasteiger partial charge in [-0.15, -0.1) is 0 Å². The van der Waals surface area contributed by atoms with Crippen molar-refractivity contribution in [2.45, 2.75) is 0 Å². The molecule has 0 fully saturated rings. The fourth-order valence-corrected chi connectivity index (χ4v) is 1.00. The molecule has 4 nitrogen and oxygen atoms in total. The average Bonchev–Trinajstić information content (AvgIpc) is 2.08. The first-order valence-corrected chi connectivity index (χ1v) is 3.89. The van der Waals surface area contributed by atoms with Crippen molar-refractivity contribution >= 4 is 29.3 Å². The van der Waals surface area contributed by atoms with E-state index in [0.29, 0.717) is 12.0 Å². The SMILES string of the molecule is NC(=S)Nc1cccc(C=O)c1O. The Morgan fingerprint density at radius 3 is 2.85 bits per heavy atom. The number of hydrogen-bond acceptors (Lipinski definition) is 3. The van der Waals surface area contributed by atoms with Crippen LogP contribution in [-0.2, 0) is 0 Å². The minimum atomic E-state index is -0.148. The first kappa shape index (κ1) is 9.47. The first-order chi connectivity index (χ1) is 6.15. The number of thiocarbonyl (C=S) groups is 1. The molecule has 5 heteroatoms. The van der Waals surface area contributed by atoms with Crippen molar-refractivity contribution in [3.63, 3.8) is 0 Å². The molecule has 1 rings (SSSR count). The Bertz CT molecular complexity index is 352. The minimum Gasteiger partial charge on any atom is -0.505 e. The lowest BCUT2D eigenvalue weighted by molar-refractivity contribution is 0.112. The van der Waals surface area contributed by atoms with Gasteiger partial charge in [0.2, 0.25) is 0 Å². The number of nitrogens with two attached hydrogens (primary N) is 1. The maximum absolute atomic E-state index is 10.4. The van der Waals surface area contributed by atoms with Crippen molar-refractivity contribution in [2.24, 2.45) is 5.73 Å².